The van der Waals surface area contributed by atoms with Gasteiger partial charge in [0.05, 0.1) is 11.1 Å². The maximum absolute atomic E-state index is 12.4. The molecular formula is C28H26N4O3. The Kier molecular flexibility index (Phi) is 4.88. The average molecular weight is 467 g/mol. The number of hydrogen-bond acceptors (Lipinski definition) is 3. The molecule has 4 N–H and O–H groups in total. The second kappa shape index (κ2) is 7.98. The number of fused-ring (bicyclic) bond motifs is 3. The van der Waals surface area contributed by atoms with Gasteiger partial charge in [-0.15, -0.1) is 0 Å². The van der Waals surface area contributed by atoms with Gasteiger partial charge in [-0.25, -0.2) is 0 Å². The molecule has 0 spiro atoms. The smallest absolute Gasteiger partial charge is 0.250 e. The van der Waals surface area contributed by atoms with Crippen LogP contribution in [0.1, 0.15) is 41.6 Å². The summed E-state index contributed by atoms with van der Waals surface area (Å²) in [6.45, 7) is 2.71. The lowest BCUT2D eigenvalue weighted by Gasteiger charge is -2.16. The molecule has 3 aromatic carbocycles. The second-order valence-electron chi connectivity index (χ2n) is 9.52. The zero-order valence-corrected chi connectivity index (χ0v) is 19.5. The number of nitrogens with one attached hydrogen (secondary N) is 2. The van der Waals surface area contributed by atoms with Crippen molar-refractivity contribution in [3.05, 3.63) is 59.7 Å². The number of nitrogens with two attached hydrogens (primary N) is 1. The molecule has 1 aliphatic heterocycles. The van der Waals surface area contributed by atoms with Gasteiger partial charge in [-0.3, -0.25) is 14.4 Å². The van der Waals surface area contributed by atoms with E-state index in [1.165, 1.54) is 0 Å². The predicted molar refractivity (Wildman–Crippen MR) is 137 cm³/mol. The third kappa shape index (κ3) is 3.55. The minimum atomic E-state index is -0.509. The summed E-state index contributed by atoms with van der Waals surface area (Å²) in [5.41, 5.74) is 12.2. The number of carbonyl (C=O) groups is 3. The van der Waals surface area contributed by atoms with E-state index in [0.29, 0.717) is 24.0 Å². The number of benzene rings is 3. The fourth-order valence-corrected chi connectivity index (χ4v) is 5.16. The highest BCUT2D eigenvalue weighted by Crippen LogP contribution is 2.40. The number of rotatable bonds is 5. The van der Waals surface area contributed by atoms with Gasteiger partial charge in [-0.1, -0.05) is 24.3 Å². The van der Waals surface area contributed by atoms with Crippen molar-refractivity contribution in [2.75, 3.05) is 16.8 Å². The van der Waals surface area contributed by atoms with E-state index in [1.807, 2.05) is 49.4 Å². The Balaban J connectivity index is 1.54. The molecule has 2 fully saturated rings. The minimum absolute atomic E-state index is 0.0653. The molecule has 1 aliphatic carbocycles. The lowest BCUT2D eigenvalue weighted by Crippen LogP contribution is -2.23. The van der Waals surface area contributed by atoms with Crippen molar-refractivity contribution < 1.29 is 14.4 Å². The largest absolute Gasteiger partial charge is 0.366 e. The lowest BCUT2D eigenvalue weighted by atomic mass is 9.93. The first-order valence-corrected chi connectivity index (χ1v) is 12.0. The third-order valence-electron chi connectivity index (χ3n) is 7.22. The van der Waals surface area contributed by atoms with Crippen molar-refractivity contribution in [3.8, 4) is 11.1 Å². The average Bonchev–Trinajstić information content (AvgIpc) is 3.50. The van der Waals surface area contributed by atoms with E-state index in [1.54, 1.807) is 11.0 Å². The third-order valence-corrected chi connectivity index (χ3v) is 7.22. The number of aromatic amines is 1. The van der Waals surface area contributed by atoms with Gasteiger partial charge in [-0.2, -0.15) is 0 Å². The topological polar surface area (TPSA) is 108 Å². The maximum atomic E-state index is 12.4. The molecule has 176 valence electrons. The predicted octanol–water partition coefficient (Wildman–Crippen LogP) is 4.87. The van der Waals surface area contributed by atoms with Crippen LogP contribution < -0.4 is 16.0 Å². The fourth-order valence-electron chi connectivity index (χ4n) is 5.16. The van der Waals surface area contributed by atoms with Crippen LogP contribution in [0.2, 0.25) is 0 Å². The normalized spacial score (nSPS) is 15.8. The molecule has 35 heavy (non-hydrogen) atoms. The van der Waals surface area contributed by atoms with Crippen LogP contribution in [0.3, 0.4) is 0 Å². The summed E-state index contributed by atoms with van der Waals surface area (Å²) >= 11 is 0. The van der Waals surface area contributed by atoms with Crippen molar-refractivity contribution in [2.24, 2.45) is 11.7 Å². The summed E-state index contributed by atoms with van der Waals surface area (Å²) in [5, 5.41) is 4.91. The van der Waals surface area contributed by atoms with Crippen molar-refractivity contribution in [1.29, 1.82) is 0 Å². The molecular weight excluding hydrogens is 440 g/mol. The van der Waals surface area contributed by atoms with Gasteiger partial charge in [0.2, 0.25) is 11.8 Å². The summed E-state index contributed by atoms with van der Waals surface area (Å²) in [6, 6.07) is 15.5. The van der Waals surface area contributed by atoms with Crippen molar-refractivity contribution in [3.63, 3.8) is 0 Å². The van der Waals surface area contributed by atoms with Gasteiger partial charge in [-0.05, 0) is 67.1 Å². The molecule has 3 amide bonds. The van der Waals surface area contributed by atoms with Crippen LogP contribution in [0.15, 0.2) is 48.5 Å². The minimum Gasteiger partial charge on any atom is -0.366 e. The number of primary amides is 1. The van der Waals surface area contributed by atoms with Gasteiger partial charge in [0, 0.05) is 46.5 Å². The van der Waals surface area contributed by atoms with E-state index >= 15 is 0 Å². The maximum Gasteiger partial charge on any atom is 0.250 e. The molecule has 4 aromatic rings. The van der Waals surface area contributed by atoms with Crippen LogP contribution in [0.5, 0.6) is 0 Å². The molecule has 0 bridgehead atoms. The first kappa shape index (κ1) is 21.4. The quantitative estimate of drug-likeness (QED) is 0.390. The molecule has 2 heterocycles. The van der Waals surface area contributed by atoms with Gasteiger partial charge in [0.25, 0.3) is 5.91 Å². The van der Waals surface area contributed by atoms with E-state index in [2.05, 4.69) is 10.3 Å². The van der Waals surface area contributed by atoms with Crippen LogP contribution in [0, 0.1) is 12.8 Å². The number of hydrogen-bond donors (Lipinski definition) is 3. The van der Waals surface area contributed by atoms with Crippen LogP contribution in [-0.4, -0.2) is 29.3 Å². The van der Waals surface area contributed by atoms with Gasteiger partial charge in [0.1, 0.15) is 0 Å². The number of amides is 3. The number of nitrogens with zero attached hydrogens (tertiary/aromatic N) is 1. The highest BCUT2D eigenvalue weighted by molar-refractivity contribution is 6.20. The van der Waals surface area contributed by atoms with Crippen LogP contribution in [0.25, 0.3) is 32.9 Å². The Bertz CT molecular complexity index is 1550. The number of aromatic nitrogens is 1. The van der Waals surface area contributed by atoms with Crippen molar-refractivity contribution in [2.45, 2.75) is 32.6 Å². The molecule has 0 atom stereocenters. The van der Waals surface area contributed by atoms with Crippen LogP contribution >= 0.6 is 0 Å². The van der Waals surface area contributed by atoms with Gasteiger partial charge < -0.3 is 20.9 Å². The molecule has 0 unspecified atom stereocenters. The number of H-pyrrole nitrogens is 1. The molecule has 7 heteroatoms. The molecule has 1 aromatic heterocycles. The number of carbonyl (C=O) groups excluding carboxylic acids is 3. The molecule has 1 saturated carbocycles. The Morgan fingerprint density at radius 1 is 1.09 bits per heavy atom. The van der Waals surface area contributed by atoms with Crippen LogP contribution in [0.4, 0.5) is 11.4 Å². The summed E-state index contributed by atoms with van der Waals surface area (Å²) in [7, 11) is 0. The van der Waals surface area contributed by atoms with Crippen molar-refractivity contribution >= 4 is 50.9 Å². The number of anilines is 2. The second-order valence-corrected chi connectivity index (χ2v) is 9.52. The van der Waals surface area contributed by atoms with E-state index in [4.69, 9.17) is 5.73 Å². The summed E-state index contributed by atoms with van der Waals surface area (Å²) in [6.07, 6.45) is 3.31. The molecule has 2 aliphatic rings. The lowest BCUT2D eigenvalue weighted by molar-refractivity contribution is -0.118. The Morgan fingerprint density at radius 2 is 1.91 bits per heavy atom. The Hall–Kier alpha value is -4.13. The molecule has 7 nitrogen and oxygen atoms in total. The fraction of sp³-hybridized carbons (Fsp3) is 0.250. The van der Waals surface area contributed by atoms with E-state index in [9.17, 15) is 14.4 Å². The molecule has 0 radical (unpaired) electrons. The molecule has 6 rings (SSSR count). The zero-order valence-electron chi connectivity index (χ0n) is 19.5. The monoisotopic (exact) mass is 466 g/mol. The van der Waals surface area contributed by atoms with Crippen molar-refractivity contribution in [1.82, 2.24) is 4.98 Å². The highest BCUT2D eigenvalue weighted by atomic mass is 16.2. The zero-order chi connectivity index (χ0) is 24.3. The summed E-state index contributed by atoms with van der Waals surface area (Å²) in [4.78, 5) is 42.2. The Labute approximate surface area is 202 Å². The van der Waals surface area contributed by atoms with Crippen LogP contribution in [-0.2, 0) is 9.59 Å². The first-order valence-electron chi connectivity index (χ1n) is 12.0. The summed E-state index contributed by atoms with van der Waals surface area (Å²) < 4.78 is 0. The highest BCUT2D eigenvalue weighted by Gasteiger charge is 2.30. The van der Waals surface area contributed by atoms with Gasteiger partial charge >= 0.3 is 0 Å². The standard InChI is InChI=1S/C28H26N4O3/c1-15-18(4-2-5-22(15)31-28(35)16-7-8-16)19-11-12-21(27(29)34)26-25(19)20-10-9-17(14-23(20)30-26)32-13-3-6-24(32)33/h2,4-5,9-12,14,16,30H,3,6-8,13H2,1H3,(H2,29,34)(H,31,35). The summed E-state index contributed by atoms with van der Waals surface area (Å²) in [5.74, 6) is -0.203. The Morgan fingerprint density at radius 3 is 2.63 bits per heavy atom. The first-order chi connectivity index (χ1) is 16.9. The molecule has 1 saturated heterocycles. The van der Waals surface area contributed by atoms with E-state index in [0.717, 1.165) is 63.6 Å². The van der Waals surface area contributed by atoms with E-state index < -0.39 is 5.91 Å². The van der Waals surface area contributed by atoms with Gasteiger partial charge in [0.15, 0.2) is 0 Å². The SMILES string of the molecule is Cc1c(NC(=O)C2CC2)cccc1-c1ccc(C(N)=O)c2[nH]c3cc(N4CCCC4=O)ccc3c12. The van der Waals surface area contributed by atoms with E-state index in [-0.39, 0.29) is 17.7 Å².